The van der Waals surface area contributed by atoms with Crippen LogP contribution in [0.1, 0.15) is 20.3 Å². The second-order valence-corrected chi connectivity index (χ2v) is 6.33. The van der Waals surface area contributed by atoms with Crippen molar-refractivity contribution in [2.24, 2.45) is 4.99 Å². The molecule has 1 aromatic carbocycles. The monoisotopic (exact) mass is 298 g/mol. The van der Waals surface area contributed by atoms with E-state index in [0.29, 0.717) is 11.3 Å². The highest BCUT2D eigenvalue weighted by Crippen LogP contribution is 2.28. The Morgan fingerprint density at radius 1 is 1.38 bits per heavy atom. The quantitative estimate of drug-likeness (QED) is 0.843. The maximum Gasteiger partial charge on any atom is 0.161 e. The zero-order valence-corrected chi connectivity index (χ0v) is 11.8. The van der Waals surface area contributed by atoms with Gasteiger partial charge in [-0.05, 0) is 41.4 Å². The molecule has 0 fully saturated rings. The number of amidine groups is 1. The van der Waals surface area contributed by atoms with Crippen LogP contribution in [-0.2, 0) is 0 Å². The van der Waals surface area contributed by atoms with Gasteiger partial charge in [0.1, 0.15) is 0 Å². The van der Waals surface area contributed by atoms with E-state index in [1.165, 1.54) is 0 Å². The van der Waals surface area contributed by atoms with E-state index >= 15 is 0 Å². The first kappa shape index (κ1) is 12.0. The van der Waals surface area contributed by atoms with Crippen molar-refractivity contribution in [1.29, 1.82) is 0 Å². The lowest BCUT2D eigenvalue weighted by molar-refractivity contribution is 0.661. The number of benzene rings is 1. The Morgan fingerprint density at radius 2 is 2.12 bits per heavy atom. The summed E-state index contributed by atoms with van der Waals surface area (Å²) >= 11 is 5.34. The van der Waals surface area contributed by atoms with E-state index in [1.54, 1.807) is 0 Å². The van der Waals surface area contributed by atoms with Crippen LogP contribution in [0.3, 0.4) is 0 Å². The van der Waals surface area contributed by atoms with Crippen LogP contribution in [0.2, 0.25) is 0 Å². The highest BCUT2D eigenvalue weighted by Gasteiger charge is 2.18. The van der Waals surface area contributed by atoms with Gasteiger partial charge < -0.3 is 5.32 Å². The van der Waals surface area contributed by atoms with Gasteiger partial charge in [-0.25, -0.2) is 0 Å². The molecule has 2 unspecified atom stereocenters. The van der Waals surface area contributed by atoms with Crippen molar-refractivity contribution in [3.63, 3.8) is 0 Å². The molecule has 1 aromatic rings. The fraction of sp³-hybridized carbons (Fsp3) is 0.417. The van der Waals surface area contributed by atoms with Crippen LogP contribution < -0.4 is 5.32 Å². The molecule has 1 aliphatic heterocycles. The van der Waals surface area contributed by atoms with E-state index in [1.807, 2.05) is 30.0 Å². The van der Waals surface area contributed by atoms with Gasteiger partial charge in [-0.1, -0.05) is 30.8 Å². The molecule has 2 nitrogen and oxygen atoms in total. The summed E-state index contributed by atoms with van der Waals surface area (Å²) in [6.07, 6.45) is 1.16. The lowest BCUT2D eigenvalue weighted by atomic mass is 10.2. The van der Waals surface area contributed by atoms with Gasteiger partial charge in [-0.3, -0.25) is 4.99 Å². The largest absolute Gasteiger partial charge is 0.334 e. The molecule has 0 amide bonds. The molecule has 4 heteroatoms. The minimum absolute atomic E-state index is 0.418. The summed E-state index contributed by atoms with van der Waals surface area (Å²) in [5, 5.41) is 5.04. The van der Waals surface area contributed by atoms with Crippen molar-refractivity contribution in [2.45, 2.75) is 31.6 Å². The third-order valence-electron chi connectivity index (χ3n) is 2.44. The van der Waals surface area contributed by atoms with Gasteiger partial charge in [0.15, 0.2) is 5.17 Å². The Balaban J connectivity index is 2.13. The van der Waals surface area contributed by atoms with Crippen LogP contribution in [-0.4, -0.2) is 16.5 Å². The number of hydrogen-bond acceptors (Lipinski definition) is 3. The predicted octanol–water partition coefficient (Wildman–Crippen LogP) is 4.13. The summed E-state index contributed by atoms with van der Waals surface area (Å²) in [5.41, 5.74) is 1.08. The first-order valence-electron chi connectivity index (χ1n) is 5.41. The average Bonchev–Trinajstić information content (AvgIpc) is 2.20. The fourth-order valence-corrected chi connectivity index (χ4v) is 3.29. The molecule has 0 spiro atoms. The zero-order chi connectivity index (χ0) is 11.5. The van der Waals surface area contributed by atoms with Crippen molar-refractivity contribution < 1.29 is 0 Å². The molecule has 1 aliphatic rings. The topological polar surface area (TPSA) is 24.4 Å². The van der Waals surface area contributed by atoms with Crippen LogP contribution >= 0.6 is 27.7 Å². The van der Waals surface area contributed by atoms with Crippen molar-refractivity contribution >= 4 is 38.5 Å². The summed E-state index contributed by atoms with van der Waals surface area (Å²) < 4.78 is 1.07. The molecule has 1 N–H and O–H groups in total. The maximum absolute atomic E-state index is 4.62. The first-order chi connectivity index (χ1) is 7.65. The number of rotatable bonds is 1. The van der Waals surface area contributed by atoms with Crippen molar-refractivity contribution in [2.75, 3.05) is 5.32 Å². The minimum atomic E-state index is 0.418. The molecule has 86 valence electrons. The Morgan fingerprint density at radius 3 is 2.81 bits per heavy atom. The van der Waals surface area contributed by atoms with Gasteiger partial charge in [0.25, 0.3) is 0 Å². The van der Waals surface area contributed by atoms with Crippen LogP contribution in [0.5, 0.6) is 0 Å². The molecule has 0 bridgehead atoms. The van der Waals surface area contributed by atoms with E-state index in [-0.39, 0.29) is 0 Å². The summed E-state index contributed by atoms with van der Waals surface area (Å²) in [5.74, 6) is 0. The Bertz CT molecular complexity index is 406. The Hall–Kier alpha value is -0.480. The van der Waals surface area contributed by atoms with Crippen LogP contribution in [0.25, 0.3) is 0 Å². The standard InChI is InChI=1S/C12H15BrN2S/c1-8-7-9(2)16-12(14-8)15-11-6-4-3-5-10(11)13/h3-6,8-9H,7H2,1-2H3,(H,14,15). The normalized spacial score (nSPS) is 25.1. The smallest absolute Gasteiger partial charge is 0.161 e. The van der Waals surface area contributed by atoms with Gasteiger partial charge in [0.2, 0.25) is 0 Å². The van der Waals surface area contributed by atoms with Gasteiger partial charge in [0, 0.05) is 9.72 Å². The average molecular weight is 299 g/mol. The number of thioether (sulfide) groups is 1. The molecule has 0 aliphatic carbocycles. The van der Waals surface area contributed by atoms with Crippen molar-refractivity contribution in [3.8, 4) is 0 Å². The third kappa shape index (κ3) is 3.01. The van der Waals surface area contributed by atoms with Crippen LogP contribution in [0, 0.1) is 0 Å². The van der Waals surface area contributed by atoms with Gasteiger partial charge in [-0.15, -0.1) is 0 Å². The van der Waals surface area contributed by atoms with Crippen LogP contribution in [0.4, 0.5) is 5.69 Å². The number of anilines is 1. The third-order valence-corrected chi connectivity index (χ3v) is 4.16. The lowest BCUT2D eigenvalue weighted by Gasteiger charge is -2.23. The molecule has 2 atom stereocenters. The highest BCUT2D eigenvalue weighted by molar-refractivity contribution is 9.10. The van der Waals surface area contributed by atoms with E-state index in [4.69, 9.17) is 0 Å². The van der Waals surface area contributed by atoms with E-state index in [0.717, 1.165) is 21.7 Å². The summed E-state index contributed by atoms with van der Waals surface area (Å²) in [6.45, 7) is 4.41. The van der Waals surface area contributed by atoms with Crippen molar-refractivity contribution in [1.82, 2.24) is 0 Å². The van der Waals surface area contributed by atoms with Crippen LogP contribution in [0.15, 0.2) is 33.7 Å². The molecule has 0 saturated carbocycles. The summed E-state index contributed by atoms with van der Waals surface area (Å²) in [6, 6.07) is 8.53. The van der Waals surface area contributed by atoms with Gasteiger partial charge >= 0.3 is 0 Å². The number of para-hydroxylation sites is 1. The number of hydrogen-bond donors (Lipinski definition) is 1. The summed E-state index contributed by atoms with van der Waals surface area (Å²) in [7, 11) is 0. The van der Waals surface area contributed by atoms with E-state index in [9.17, 15) is 0 Å². The number of nitrogens with zero attached hydrogens (tertiary/aromatic N) is 1. The molecule has 0 aromatic heterocycles. The SMILES string of the molecule is CC1CC(C)SC(Nc2ccccc2Br)=N1. The predicted molar refractivity (Wildman–Crippen MR) is 76.3 cm³/mol. The molecule has 1 heterocycles. The lowest BCUT2D eigenvalue weighted by Crippen LogP contribution is -2.22. The molecule has 0 radical (unpaired) electrons. The Labute approximate surface area is 109 Å². The second kappa shape index (κ2) is 5.23. The molecule has 0 saturated heterocycles. The molecule has 2 rings (SSSR count). The minimum Gasteiger partial charge on any atom is -0.334 e. The Kier molecular flexibility index (Phi) is 3.92. The molecular weight excluding hydrogens is 284 g/mol. The summed E-state index contributed by atoms with van der Waals surface area (Å²) in [4.78, 5) is 4.62. The highest BCUT2D eigenvalue weighted by atomic mass is 79.9. The maximum atomic E-state index is 4.62. The first-order valence-corrected chi connectivity index (χ1v) is 7.08. The molecule has 16 heavy (non-hydrogen) atoms. The van der Waals surface area contributed by atoms with Crippen molar-refractivity contribution in [3.05, 3.63) is 28.7 Å². The zero-order valence-electron chi connectivity index (χ0n) is 9.40. The fourth-order valence-electron chi connectivity index (χ4n) is 1.74. The molecular formula is C12H15BrN2S. The van der Waals surface area contributed by atoms with E-state index < -0.39 is 0 Å². The number of nitrogens with one attached hydrogen (secondary N) is 1. The second-order valence-electron chi connectivity index (χ2n) is 4.05. The van der Waals surface area contributed by atoms with Gasteiger partial charge in [0.05, 0.1) is 11.7 Å². The number of aliphatic imine (C=N–C) groups is 1. The number of halogens is 1. The van der Waals surface area contributed by atoms with Gasteiger partial charge in [-0.2, -0.15) is 0 Å². The van der Waals surface area contributed by atoms with E-state index in [2.05, 4.69) is 46.2 Å².